The van der Waals surface area contributed by atoms with Crippen LogP contribution in [0.3, 0.4) is 0 Å². The summed E-state index contributed by atoms with van der Waals surface area (Å²) in [5, 5.41) is 11.3. The smallest absolute Gasteiger partial charge is 0.454 e. The van der Waals surface area contributed by atoms with Crippen molar-refractivity contribution < 1.29 is 32.6 Å². The zero-order chi connectivity index (χ0) is 22.0. The van der Waals surface area contributed by atoms with Crippen LogP contribution in [-0.4, -0.2) is 35.2 Å². The Kier molecular flexibility index (Phi) is 5.25. The van der Waals surface area contributed by atoms with Gasteiger partial charge in [0.2, 0.25) is 0 Å². The van der Waals surface area contributed by atoms with Gasteiger partial charge in [0.05, 0.1) is 6.10 Å². The lowest BCUT2D eigenvalue weighted by Crippen LogP contribution is -2.63. The van der Waals surface area contributed by atoms with Gasteiger partial charge in [0.1, 0.15) is 11.9 Å². The molecule has 4 nitrogen and oxygen atoms in total. The molecule has 7 heteroatoms. The minimum Gasteiger partial charge on any atom is -0.454 e. The van der Waals surface area contributed by atoms with Gasteiger partial charge in [-0.25, -0.2) is 4.79 Å². The second-order valence-electron chi connectivity index (χ2n) is 9.98. The third kappa shape index (κ3) is 3.06. The third-order valence-corrected chi connectivity index (χ3v) is 8.75. The molecule has 3 rings (SSSR count). The first-order chi connectivity index (χ1) is 13.2. The second kappa shape index (κ2) is 6.82. The molecular formula is C22H31F3O4. The van der Waals surface area contributed by atoms with Crippen molar-refractivity contribution in [3.8, 4) is 0 Å². The molecule has 0 saturated heterocycles. The topological polar surface area (TPSA) is 63.6 Å². The highest BCUT2D eigenvalue weighted by molar-refractivity contribution is 5.85. The van der Waals surface area contributed by atoms with Crippen molar-refractivity contribution in [2.45, 2.75) is 78.2 Å². The van der Waals surface area contributed by atoms with E-state index in [-0.39, 0.29) is 18.1 Å². The molecule has 0 aromatic carbocycles. The molecule has 3 saturated carbocycles. The van der Waals surface area contributed by atoms with E-state index in [1.165, 1.54) is 6.08 Å². The third-order valence-electron chi connectivity index (χ3n) is 8.75. The van der Waals surface area contributed by atoms with Crippen LogP contribution >= 0.6 is 0 Å². The molecule has 0 aromatic heterocycles. The fourth-order valence-electron chi connectivity index (χ4n) is 6.76. The molecule has 0 radical (unpaired) electrons. The lowest BCUT2D eigenvalue weighted by molar-refractivity contribution is -0.229. The molecule has 2 bridgehead atoms. The Morgan fingerprint density at radius 2 is 1.90 bits per heavy atom. The highest BCUT2D eigenvalue weighted by Crippen LogP contribution is 2.67. The molecule has 0 aliphatic heterocycles. The molecule has 1 unspecified atom stereocenters. The minimum absolute atomic E-state index is 0.0630. The molecule has 0 heterocycles. The van der Waals surface area contributed by atoms with Gasteiger partial charge in [0.15, 0.2) is 0 Å². The van der Waals surface area contributed by atoms with Crippen LogP contribution in [0.15, 0.2) is 12.7 Å². The van der Waals surface area contributed by atoms with Crippen LogP contribution in [0.1, 0.15) is 59.8 Å². The van der Waals surface area contributed by atoms with Crippen molar-refractivity contribution >= 4 is 11.8 Å². The van der Waals surface area contributed by atoms with E-state index in [4.69, 9.17) is 4.74 Å². The van der Waals surface area contributed by atoms with Crippen molar-refractivity contribution in [3.05, 3.63) is 12.7 Å². The average Bonchev–Trinajstić information content (AvgIpc) is 2.99. The van der Waals surface area contributed by atoms with Crippen molar-refractivity contribution in [1.82, 2.24) is 0 Å². The normalized spacial score (nSPS) is 47.7. The number of ketones is 1. The summed E-state index contributed by atoms with van der Waals surface area (Å²) >= 11 is 0. The highest BCUT2D eigenvalue weighted by atomic mass is 19.4. The zero-order valence-corrected chi connectivity index (χ0v) is 17.5. The predicted octanol–water partition coefficient (Wildman–Crippen LogP) is 4.46. The largest absolute Gasteiger partial charge is 0.490 e. The number of hydrogen-bond donors (Lipinski definition) is 1. The van der Waals surface area contributed by atoms with Crippen molar-refractivity contribution in [3.63, 3.8) is 0 Å². The maximum absolute atomic E-state index is 13.0. The van der Waals surface area contributed by atoms with E-state index in [0.717, 1.165) is 6.42 Å². The zero-order valence-electron chi connectivity index (χ0n) is 17.5. The summed E-state index contributed by atoms with van der Waals surface area (Å²) < 4.78 is 44.2. The lowest BCUT2D eigenvalue weighted by atomic mass is 9.44. The average molecular weight is 416 g/mol. The van der Waals surface area contributed by atoms with Gasteiger partial charge in [-0.05, 0) is 37.0 Å². The number of carbonyl (C=O) groups excluding carboxylic acids is 2. The summed E-state index contributed by atoms with van der Waals surface area (Å²) in [6, 6.07) is 0. The van der Waals surface area contributed by atoms with E-state index < -0.39 is 52.4 Å². The van der Waals surface area contributed by atoms with Crippen LogP contribution in [0, 0.1) is 34.0 Å². The Balaban J connectivity index is 2.17. The molecule has 0 spiro atoms. The van der Waals surface area contributed by atoms with Crippen LogP contribution in [0.2, 0.25) is 0 Å². The number of rotatable bonds is 2. The summed E-state index contributed by atoms with van der Waals surface area (Å²) in [5.74, 6) is -3.01. The first-order valence-electron chi connectivity index (χ1n) is 10.4. The van der Waals surface area contributed by atoms with Gasteiger partial charge < -0.3 is 9.84 Å². The summed E-state index contributed by atoms with van der Waals surface area (Å²) in [7, 11) is 0. The SMILES string of the molecule is C=C[C@@]1(C)C[C@@H](O)[C@@]2(C)C3C(=O)CC[C@@]3(CC[C@H]2C)[C@H](C)[C@@H]1OC(=O)C(F)(F)F. The molecule has 29 heavy (non-hydrogen) atoms. The molecule has 8 atom stereocenters. The van der Waals surface area contributed by atoms with E-state index >= 15 is 0 Å². The molecule has 3 aliphatic rings. The minimum atomic E-state index is -5.11. The summed E-state index contributed by atoms with van der Waals surface area (Å²) in [4.78, 5) is 24.8. The van der Waals surface area contributed by atoms with Gasteiger partial charge in [-0.15, -0.1) is 6.58 Å². The fourth-order valence-corrected chi connectivity index (χ4v) is 6.76. The van der Waals surface area contributed by atoms with E-state index in [9.17, 15) is 27.9 Å². The number of aliphatic hydroxyl groups is 1. The summed E-state index contributed by atoms with van der Waals surface area (Å²) in [5.41, 5.74) is -2.33. The van der Waals surface area contributed by atoms with Gasteiger partial charge in [0.25, 0.3) is 0 Å². The molecule has 164 valence electrons. The van der Waals surface area contributed by atoms with Gasteiger partial charge in [-0.2, -0.15) is 13.2 Å². The van der Waals surface area contributed by atoms with E-state index in [1.54, 1.807) is 13.8 Å². The molecule has 1 N–H and O–H groups in total. The number of Topliss-reactive ketones (excluding diaryl/α,β-unsaturated/α-hetero) is 1. The van der Waals surface area contributed by atoms with E-state index in [1.807, 2.05) is 13.8 Å². The summed E-state index contributed by atoms with van der Waals surface area (Å²) in [6.45, 7) is 11.3. The first kappa shape index (κ1) is 22.3. The first-order valence-corrected chi connectivity index (χ1v) is 10.4. The number of halogens is 3. The van der Waals surface area contributed by atoms with Crippen LogP contribution in [0.4, 0.5) is 13.2 Å². The number of carbonyl (C=O) groups is 2. The number of aliphatic hydroxyl groups excluding tert-OH is 1. The van der Waals surface area contributed by atoms with Crippen molar-refractivity contribution in [2.75, 3.05) is 0 Å². The number of alkyl halides is 3. The highest BCUT2D eigenvalue weighted by Gasteiger charge is 2.68. The lowest BCUT2D eigenvalue weighted by Gasteiger charge is -2.61. The summed E-state index contributed by atoms with van der Waals surface area (Å²) in [6.07, 6.45) is -3.26. The van der Waals surface area contributed by atoms with Gasteiger partial charge >= 0.3 is 12.1 Å². The molecule has 3 aliphatic carbocycles. The van der Waals surface area contributed by atoms with E-state index in [0.29, 0.717) is 19.3 Å². The second-order valence-corrected chi connectivity index (χ2v) is 9.98. The number of hydrogen-bond acceptors (Lipinski definition) is 4. The van der Waals surface area contributed by atoms with Gasteiger partial charge in [-0.3, -0.25) is 4.79 Å². The van der Waals surface area contributed by atoms with Gasteiger partial charge in [0, 0.05) is 29.1 Å². The number of esters is 1. The van der Waals surface area contributed by atoms with Crippen LogP contribution in [-0.2, 0) is 14.3 Å². The standard InChI is InChI=1S/C22H31F3O4/c1-6-19(4)11-15(27)20(5)12(2)7-9-21(10-8-14(26)16(20)21)13(3)17(19)29-18(28)22(23,24)25/h6,12-13,15-17,27H,1,7-11H2,2-5H3/t12-,13-,15-,16?,17+,19+,20+,21+/m1/s1. The van der Waals surface area contributed by atoms with Crippen molar-refractivity contribution in [1.29, 1.82) is 0 Å². The van der Waals surface area contributed by atoms with Crippen LogP contribution < -0.4 is 0 Å². The Hall–Kier alpha value is -1.37. The quantitative estimate of drug-likeness (QED) is 0.533. The Morgan fingerprint density at radius 3 is 2.45 bits per heavy atom. The molecular weight excluding hydrogens is 385 g/mol. The maximum atomic E-state index is 13.0. The van der Waals surface area contributed by atoms with Crippen molar-refractivity contribution in [2.24, 2.45) is 34.0 Å². The van der Waals surface area contributed by atoms with Crippen LogP contribution in [0.5, 0.6) is 0 Å². The van der Waals surface area contributed by atoms with E-state index in [2.05, 4.69) is 6.58 Å². The molecule has 0 amide bonds. The monoisotopic (exact) mass is 416 g/mol. The fraction of sp³-hybridized carbons (Fsp3) is 0.818. The Labute approximate surface area is 169 Å². The van der Waals surface area contributed by atoms with Crippen LogP contribution in [0.25, 0.3) is 0 Å². The van der Waals surface area contributed by atoms with Gasteiger partial charge in [-0.1, -0.05) is 33.8 Å². The Bertz CT molecular complexity index is 719. The Morgan fingerprint density at radius 1 is 1.28 bits per heavy atom. The molecule has 3 fully saturated rings. The number of ether oxygens (including phenoxy) is 1. The predicted molar refractivity (Wildman–Crippen MR) is 101 cm³/mol. The maximum Gasteiger partial charge on any atom is 0.490 e. The molecule has 0 aromatic rings.